The second kappa shape index (κ2) is 8.14. The molecule has 0 fully saturated rings. The van der Waals surface area contributed by atoms with Crippen molar-refractivity contribution in [1.82, 2.24) is 20.3 Å². The van der Waals surface area contributed by atoms with Gasteiger partial charge < -0.3 is 15.4 Å². The molecule has 0 aliphatic carbocycles. The second-order valence-electron chi connectivity index (χ2n) is 6.61. The average molecular weight is 361 g/mol. The lowest BCUT2D eigenvalue weighted by molar-refractivity contribution is 0.233. The number of aromatic nitrogens is 3. The van der Waals surface area contributed by atoms with Crippen LogP contribution in [0.1, 0.15) is 18.2 Å². The summed E-state index contributed by atoms with van der Waals surface area (Å²) in [4.78, 5) is 13.7. The first-order valence-electron chi connectivity index (χ1n) is 9.26. The zero-order valence-electron chi connectivity index (χ0n) is 15.4. The molecular formula is C21H23N5O. The molecular weight excluding hydrogens is 338 g/mol. The maximum Gasteiger partial charge on any atom is 0.161 e. The number of hydrogen-bond acceptors (Lipinski definition) is 6. The zero-order valence-corrected chi connectivity index (χ0v) is 15.4. The molecule has 3 heterocycles. The van der Waals surface area contributed by atoms with E-state index in [0.717, 1.165) is 48.2 Å². The molecule has 6 nitrogen and oxygen atoms in total. The monoisotopic (exact) mass is 361 g/mol. The van der Waals surface area contributed by atoms with Crippen LogP contribution in [0.4, 0.5) is 5.82 Å². The van der Waals surface area contributed by atoms with Gasteiger partial charge in [0.1, 0.15) is 17.7 Å². The highest BCUT2D eigenvalue weighted by Crippen LogP contribution is 2.25. The average Bonchev–Trinajstić information content (AvgIpc) is 2.73. The molecule has 2 N–H and O–H groups in total. The van der Waals surface area contributed by atoms with Gasteiger partial charge in [-0.2, -0.15) is 0 Å². The number of ether oxygens (including phenoxy) is 1. The predicted molar refractivity (Wildman–Crippen MR) is 106 cm³/mol. The third-order valence-electron chi connectivity index (χ3n) is 4.50. The van der Waals surface area contributed by atoms with Crippen LogP contribution >= 0.6 is 0 Å². The molecule has 138 valence electrons. The number of benzene rings is 1. The topological polar surface area (TPSA) is 72.0 Å². The molecule has 0 bridgehead atoms. The zero-order chi connectivity index (χ0) is 18.5. The number of hydrogen-bond donors (Lipinski definition) is 2. The number of anilines is 1. The minimum atomic E-state index is -0.0123. The fraction of sp³-hybridized carbons (Fsp3) is 0.286. The van der Waals surface area contributed by atoms with Crippen LogP contribution in [0.3, 0.4) is 0 Å². The van der Waals surface area contributed by atoms with Crippen molar-refractivity contribution >= 4 is 5.82 Å². The van der Waals surface area contributed by atoms with Gasteiger partial charge in [0, 0.05) is 23.9 Å². The van der Waals surface area contributed by atoms with Gasteiger partial charge in [0.25, 0.3) is 0 Å². The molecule has 4 rings (SSSR count). The van der Waals surface area contributed by atoms with Gasteiger partial charge in [0.15, 0.2) is 5.82 Å². The first-order chi connectivity index (χ1) is 13.3. The van der Waals surface area contributed by atoms with Crippen molar-refractivity contribution in [2.45, 2.75) is 26.0 Å². The van der Waals surface area contributed by atoms with E-state index in [1.165, 1.54) is 5.56 Å². The van der Waals surface area contributed by atoms with E-state index in [2.05, 4.69) is 15.6 Å². The number of rotatable bonds is 6. The maximum absolute atomic E-state index is 5.91. The molecule has 6 heteroatoms. The summed E-state index contributed by atoms with van der Waals surface area (Å²) in [6, 6.07) is 13.9. The van der Waals surface area contributed by atoms with E-state index >= 15 is 0 Å². The molecule has 0 spiro atoms. The molecule has 1 aromatic carbocycles. The van der Waals surface area contributed by atoms with Crippen molar-refractivity contribution in [2.24, 2.45) is 0 Å². The molecule has 1 unspecified atom stereocenters. The quantitative estimate of drug-likeness (QED) is 0.703. The Morgan fingerprint density at radius 2 is 2.04 bits per heavy atom. The Kier molecular flexibility index (Phi) is 5.25. The third kappa shape index (κ3) is 4.23. The number of nitrogens with one attached hydrogen (secondary N) is 2. The van der Waals surface area contributed by atoms with E-state index < -0.39 is 0 Å². The van der Waals surface area contributed by atoms with E-state index in [0.29, 0.717) is 6.54 Å². The van der Waals surface area contributed by atoms with Crippen LogP contribution in [0.5, 0.6) is 5.75 Å². The summed E-state index contributed by atoms with van der Waals surface area (Å²) in [5, 5.41) is 6.87. The number of nitrogens with zero attached hydrogens (tertiary/aromatic N) is 3. The van der Waals surface area contributed by atoms with Crippen LogP contribution in [0.2, 0.25) is 0 Å². The van der Waals surface area contributed by atoms with Crippen molar-refractivity contribution in [3.8, 4) is 17.1 Å². The molecule has 1 aliphatic rings. The molecule has 3 aromatic rings. The standard InChI is InChI=1S/C21H23N5O/c1-15(27-17-8-5-10-22-13-17)12-24-21-18-9-11-23-14-19(18)25-20(26-21)16-6-3-2-4-7-16/h2-8,10,13,15,23H,9,11-12,14H2,1H3,(H,24,25,26). The van der Waals surface area contributed by atoms with Crippen molar-refractivity contribution in [3.63, 3.8) is 0 Å². The number of pyridine rings is 1. The van der Waals surface area contributed by atoms with Crippen molar-refractivity contribution in [1.29, 1.82) is 0 Å². The summed E-state index contributed by atoms with van der Waals surface area (Å²) in [7, 11) is 0. The summed E-state index contributed by atoms with van der Waals surface area (Å²) in [6.07, 6.45) is 4.37. The SMILES string of the molecule is CC(CNc1nc(-c2ccccc2)nc2c1CCNC2)Oc1cccnc1. The highest BCUT2D eigenvalue weighted by molar-refractivity contribution is 5.60. The minimum Gasteiger partial charge on any atom is -0.487 e. The Labute approximate surface area is 159 Å². The van der Waals surface area contributed by atoms with E-state index in [1.54, 1.807) is 12.4 Å². The van der Waals surface area contributed by atoms with Crippen LogP contribution in [-0.2, 0) is 13.0 Å². The van der Waals surface area contributed by atoms with Crippen molar-refractivity contribution in [2.75, 3.05) is 18.4 Å². The highest BCUT2D eigenvalue weighted by Gasteiger charge is 2.18. The lowest BCUT2D eigenvalue weighted by Crippen LogP contribution is -2.28. The van der Waals surface area contributed by atoms with Crippen molar-refractivity contribution in [3.05, 3.63) is 66.1 Å². The van der Waals surface area contributed by atoms with Gasteiger partial charge in [-0.3, -0.25) is 4.98 Å². The Morgan fingerprint density at radius 3 is 2.85 bits per heavy atom. The van der Waals surface area contributed by atoms with Crippen LogP contribution < -0.4 is 15.4 Å². The summed E-state index contributed by atoms with van der Waals surface area (Å²) in [6.45, 7) is 4.40. The molecule has 0 radical (unpaired) electrons. The van der Waals surface area contributed by atoms with Gasteiger partial charge in [-0.1, -0.05) is 30.3 Å². The lowest BCUT2D eigenvalue weighted by atomic mass is 10.1. The third-order valence-corrected chi connectivity index (χ3v) is 4.50. The van der Waals surface area contributed by atoms with Gasteiger partial charge >= 0.3 is 0 Å². The molecule has 1 atom stereocenters. The molecule has 0 amide bonds. The van der Waals surface area contributed by atoms with Gasteiger partial charge in [-0.25, -0.2) is 9.97 Å². The predicted octanol–water partition coefficient (Wildman–Crippen LogP) is 3.06. The van der Waals surface area contributed by atoms with E-state index in [-0.39, 0.29) is 6.10 Å². The molecule has 2 aromatic heterocycles. The Morgan fingerprint density at radius 1 is 1.15 bits per heavy atom. The molecule has 27 heavy (non-hydrogen) atoms. The largest absolute Gasteiger partial charge is 0.487 e. The van der Waals surface area contributed by atoms with E-state index in [4.69, 9.17) is 14.7 Å². The molecule has 0 saturated heterocycles. The summed E-state index contributed by atoms with van der Waals surface area (Å²) < 4.78 is 5.91. The second-order valence-corrected chi connectivity index (χ2v) is 6.61. The first kappa shape index (κ1) is 17.4. The van der Waals surface area contributed by atoms with Crippen LogP contribution in [-0.4, -0.2) is 34.1 Å². The fourth-order valence-corrected chi connectivity index (χ4v) is 3.15. The first-order valence-corrected chi connectivity index (χ1v) is 9.26. The Balaban J connectivity index is 1.54. The summed E-state index contributed by atoms with van der Waals surface area (Å²) >= 11 is 0. The van der Waals surface area contributed by atoms with Crippen LogP contribution in [0.15, 0.2) is 54.9 Å². The molecule has 1 aliphatic heterocycles. The van der Waals surface area contributed by atoms with Gasteiger partial charge in [0.05, 0.1) is 18.4 Å². The minimum absolute atomic E-state index is 0.0123. The van der Waals surface area contributed by atoms with E-state index in [9.17, 15) is 0 Å². The highest BCUT2D eigenvalue weighted by atomic mass is 16.5. The Bertz CT molecular complexity index is 886. The fourth-order valence-electron chi connectivity index (χ4n) is 3.15. The van der Waals surface area contributed by atoms with Gasteiger partial charge in [-0.05, 0) is 32.0 Å². The summed E-state index contributed by atoms with van der Waals surface area (Å²) in [5.74, 6) is 2.43. The van der Waals surface area contributed by atoms with Gasteiger partial charge in [0.2, 0.25) is 0 Å². The van der Waals surface area contributed by atoms with Crippen LogP contribution in [0.25, 0.3) is 11.4 Å². The molecule has 0 saturated carbocycles. The van der Waals surface area contributed by atoms with Crippen molar-refractivity contribution < 1.29 is 4.74 Å². The maximum atomic E-state index is 5.91. The normalized spacial score (nSPS) is 14.3. The van der Waals surface area contributed by atoms with Gasteiger partial charge in [-0.15, -0.1) is 0 Å². The smallest absolute Gasteiger partial charge is 0.161 e. The number of fused-ring (bicyclic) bond motifs is 1. The van der Waals surface area contributed by atoms with Crippen LogP contribution in [0, 0.1) is 0 Å². The summed E-state index contributed by atoms with van der Waals surface area (Å²) in [5.41, 5.74) is 3.29. The Hall–Kier alpha value is -2.99. The lowest BCUT2D eigenvalue weighted by Gasteiger charge is -2.22. The van der Waals surface area contributed by atoms with E-state index in [1.807, 2.05) is 49.4 Å².